The molecule has 0 spiro atoms. The van der Waals surface area contributed by atoms with Crippen molar-refractivity contribution in [2.45, 2.75) is 32.4 Å². The molecule has 106 valence electrons. The molecule has 3 nitrogen and oxygen atoms in total. The highest BCUT2D eigenvalue weighted by Gasteiger charge is 2.35. The van der Waals surface area contributed by atoms with Gasteiger partial charge in [-0.3, -0.25) is 0 Å². The Hall–Kier alpha value is -1.72. The second-order valence-electron chi connectivity index (χ2n) is 5.14. The molecular weight excluding hydrogens is 261 g/mol. The maximum absolute atomic E-state index is 12.8. The minimum Gasteiger partial charge on any atom is -0.481 e. The van der Waals surface area contributed by atoms with Crippen LogP contribution >= 0.6 is 0 Å². The van der Waals surface area contributed by atoms with E-state index in [4.69, 9.17) is 9.84 Å². The first-order valence-corrected chi connectivity index (χ1v) is 5.58. The largest absolute Gasteiger partial charge is 0.481 e. The van der Waals surface area contributed by atoms with Crippen LogP contribution < -0.4 is 4.74 Å². The Morgan fingerprint density at radius 1 is 1.26 bits per heavy atom. The Morgan fingerprint density at radius 2 is 1.84 bits per heavy atom. The number of carboxylic acid groups (broad SMARTS) is 1. The zero-order valence-corrected chi connectivity index (χ0v) is 10.8. The van der Waals surface area contributed by atoms with Crippen LogP contribution in [0.4, 0.5) is 13.2 Å². The first-order valence-electron chi connectivity index (χ1n) is 5.58. The molecule has 1 aromatic rings. The Morgan fingerprint density at radius 3 is 2.26 bits per heavy atom. The lowest BCUT2D eigenvalue weighted by Gasteiger charge is -2.22. The number of rotatable bonds is 3. The number of hydrogen-bond donors (Lipinski definition) is 1. The van der Waals surface area contributed by atoms with E-state index in [1.807, 2.05) is 20.8 Å². The zero-order valence-electron chi connectivity index (χ0n) is 10.8. The number of carboxylic acids is 1. The summed E-state index contributed by atoms with van der Waals surface area (Å²) in [6.45, 7) is 4.72. The summed E-state index contributed by atoms with van der Waals surface area (Å²) in [4.78, 5) is 10.4. The molecule has 0 aliphatic carbocycles. The van der Waals surface area contributed by atoms with Gasteiger partial charge in [0.15, 0.2) is 6.61 Å². The predicted octanol–water partition coefficient (Wildman–Crippen LogP) is 3.47. The molecule has 0 saturated heterocycles. The zero-order chi connectivity index (χ0) is 14.8. The van der Waals surface area contributed by atoms with Crippen molar-refractivity contribution in [2.24, 2.45) is 0 Å². The van der Waals surface area contributed by atoms with Crippen LogP contribution in [0, 0.1) is 0 Å². The fraction of sp³-hybridized carbons (Fsp3) is 0.462. The molecule has 0 radical (unpaired) electrons. The van der Waals surface area contributed by atoms with E-state index >= 15 is 0 Å². The van der Waals surface area contributed by atoms with E-state index < -0.39 is 30.1 Å². The number of alkyl halides is 3. The third kappa shape index (κ3) is 4.15. The van der Waals surface area contributed by atoms with Crippen molar-refractivity contribution in [2.75, 3.05) is 6.61 Å². The van der Waals surface area contributed by atoms with Crippen molar-refractivity contribution < 1.29 is 27.8 Å². The third-order valence-electron chi connectivity index (χ3n) is 2.50. The van der Waals surface area contributed by atoms with E-state index in [2.05, 4.69) is 0 Å². The van der Waals surface area contributed by atoms with Gasteiger partial charge in [-0.05, 0) is 23.1 Å². The van der Waals surface area contributed by atoms with E-state index in [1.165, 1.54) is 12.1 Å². The second-order valence-corrected chi connectivity index (χ2v) is 5.14. The van der Waals surface area contributed by atoms with Gasteiger partial charge < -0.3 is 9.84 Å². The summed E-state index contributed by atoms with van der Waals surface area (Å²) in [5.74, 6) is -1.78. The summed E-state index contributed by atoms with van der Waals surface area (Å²) < 4.78 is 43.1. The molecule has 1 N–H and O–H groups in total. The number of halogens is 3. The SMILES string of the molecule is CC(C)(C)c1ccc(C(F)(F)F)c(OCC(=O)O)c1. The number of benzene rings is 1. The summed E-state index contributed by atoms with van der Waals surface area (Å²) in [6, 6.07) is 3.53. The Labute approximate surface area is 109 Å². The van der Waals surface area contributed by atoms with Gasteiger partial charge in [0, 0.05) is 0 Å². The molecule has 0 fully saturated rings. The molecular formula is C13H15F3O3. The lowest BCUT2D eigenvalue weighted by atomic mass is 9.86. The predicted molar refractivity (Wildman–Crippen MR) is 63.3 cm³/mol. The molecule has 0 unspecified atom stereocenters. The van der Waals surface area contributed by atoms with Crippen LogP contribution in [0.1, 0.15) is 31.9 Å². The topological polar surface area (TPSA) is 46.5 Å². The summed E-state index contributed by atoms with van der Waals surface area (Å²) in [5.41, 5.74) is -0.687. The van der Waals surface area contributed by atoms with Crippen LogP contribution in [-0.2, 0) is 16.4 Å². The molecule has 0 atom stereocenters. The van der Waals surface area contributed by atoms with Crippen molar-refractivity contribution >= 4 is 5.97 Å². The van der Waals surface area contributed by atoms with E-state index in [0.29, 0.717) is 5.56 Å². The average molecular weight is 276 g/mol. The van der Waals surface area contributed by atoms with E-state index in [9.17, 15) is 18.0 Å². The van der Waals surface area contributed by atoms with Crippen LogP contribution in [0.2, 0.25) is 0 Å². The van der Waals surface area contributed by atoms with Crippen molar-refractivity contribution in [3.63, 3.8) is 0 Å². The highest BCUT2D eigenvalue weighted by atomic mass is 19.4. The lowest BCUT2D eigenvalue weighted by molar-refractivity contribution is -0.143. The van der Waals surface area contributed by atoms with Crippen molar-refractivity contribution in [3.8, 4) is 5.75 Å². The van der Waals surface area contributed by atoms with Gasteiger partial charge in [-0.25, -0.2) is 4.79 Å². The standard InChI is InChI=1S/C13H15F3O3/c1-12(2,3)8-4-5-9(13(14,15)16)10(6-8)19-7-11(17)18/h4-6H,7H2,1-3H3,(H,17,18). The summed E-state index contributed by atoms with van der Waals surface area (Å²) in [5, 5.41) is 8.49. The molecule has 6 heteroatoms. The Bertz CT molecular complexity index is 473. The molecule has 19 heavy (non-hydrogen) atoms. The van der Waals surface area contributed by atoms with Gasteiger partial charge >= 0.3 is 12.1 Å². The average Bonchev–Trinajstić information content (AvgIpc) is 2.23. The number of carbonyl (C=O) groups is 1. The van der Waals surface area contributed by atoms with Crippen LogP contribution in [0.3, 0.4) is 0 Å². The molecule has 0 bridgehead atoms. The lowest BCUT2D eigenvalue weighted by Crippen LogP contribution is -2.16. The van der Waals surface area contributed by atoms with Crippen LogP contribution in [-0.4, -0.2) is 17.7 Å². The Kier molecular flexibility index (Phi) is 4.12. The minimum atomic E-state index is -4.58. The number of hydrogen-bond acceptors (Lipinski definition) is 2. The van der Waals surface area contributed by atoms with Gasteiger partial charge in [0.1, 0.15) is 5.75 Å². The number of aliphatic carboxylic acids is 1. The first kappa shape index (κ1) is 15.3. The molecule has 1 rings (SSSR count). The van der Waals surface area contributed by atoms with Crippen LogP contribution in [0.15, 0.2) is 18.2 Å². The smallest absolute Gasteiger partial charge is 0.419 e. The molecule has 1 aromatic carbocycles. The minimum absolute atomic E-state index is 0.356. The first-order chi connectivity index (χ1) is 8.51. The fourth-order valence-corrected chi connectivity index (χ4v) is 1.48. The van der Waals surface area contributed by atoms with Gasteiger partial charge in [0.25, 0.3) is 0 Å². The van der Waals surface area contributed by atoms with Gasteiger partial charge in [0.05, 0.1) is 5.56 Å². The molecule has 0 amide bonds. The fourth-order valence-electron chi connectivity index (χ4n) is 1.48. The maximum Gasteiger partial charge on any atom is 0.419 e. The number of ether oxygens (including phenoxy) is 1. The Balaban J connectivity index is 3.22. The van der Waals surface area contributed by atoms with Crippen molar-refractivity contribution in [1.29, 1.82) is 0 Å². The molecule has 0 saturated carbocycles. The summed E-state index contributed by atoms with van der Waals surface area (Å²) >= 11 is 0. The summed E-state index contributed by atoms with van der Waals surface area (Å²) in [6.07, 6.45) is -4.58. The van der Waals surface area contributed by atoms with Gasteiger partial charge in [0.2, 0.25) is 0 Å². The van der Waals surface area contributed by atoms with Gasteiger partial charge in [-0.1, -0.05) is 26.8 Å². The van der Waals surface area contributed by atoms with Crippen molar-refractivity contribution in [1.82, 2.24) is 0 Å². The summed E-state index contributed by atoms with van der Waals surface area (Å²) in [7, 11) is 0. The van der Waals surface area contributed by atoms with E-state index in [0.717, 1.165) is 6.07 Å². The third-order valence-corrected chi connectivity index (χ3v) is 2.50. The van der Waals surface area contributed by atoms with Gasteiger partial charge in [-0.2, -0.15) is 13.2 Å². The van der Waals surface area contributed by atoms with Crippen LogP contribution in [0.5, 0.6) is 5.75 Å². The molecule has 0 aliphatic rings. The van der Waals surface area contributed by atoms with Gasteiger partial charge in [-0.15, -0.1) is 0 Å². The van der Waals surface area contributed by atoms with Crippen molar-refractivity contribution in [3.05, 3.63) is 29.3 Å². The maximum atomic E-state index is 12.8. The van der Waals surface area contributed by atoms with E-state index in [1.54, 1.807) is 0 Å². The van der Waals surface area contributed by atoms with Crippen LogP contribution in [0.25, 0.3) is 0 Å². The quantitative estimate of drug-likeness (QED) is 0.919. The second kappa shape index (κ2) is 5.11. The highest BCUT2D eigenvalue weighted by Crippen LogP contribution is 2.38. The molecule has 0 aromatic heterocycles. The normalized spacial score (nSPS) is 12.3. The molecule has 0 aliphatic heterocycles. The highest BCUT2D eigenvalue weighted by molar-refractivity contribution is 5.68. The molecule has 0 heterocycles. The van der Waals surface area contributed by atoms with E-state index in [-0.39, 0.29) is 5.41 Å². The monoisotopic (exact) mass is 276 g/mol.